The highest BCUT2D eigenvalue weighted by atomic mass is 16.7. The van der Waals surface area contributed by atoms with E-state index < -0.39 is 0 Å². The Balaban J connectivity index is 0.000000352. The molecule has 1 aromatic rings. The van der Waals surface area contributed by atoms with Crippen LogP contribution < -0.4 is 9.47 Å². The zero-order valence-electron chi connectivity index (χ0n) is 22.8. The smallest absolute Gasteiger partial charge is 0.312 e. The number of carbonyl (C=O) groups is 2. The van der Waals surface area contributed by atoms with Gasteiger partial charge in [-0.15, -0.1) is 5.92 Å². The summed E-state index contributed by atoms with van der Waals surface area (Å²) in [5, 5.41) is 0. The topological polar surface area (TPSA) is 68.3 Å². The van der Waals surface area contributed by atoms with Gasteiger partial charge in [0.2, 0.25) is 13.2 Å². The van der Waals surface area contributed by atoms with Crippen LogP contribution in [0, 0.1) is 17.8 Å². The molecule has 200 valence electrons. The quantitative estimate of drug-likeness (QED) is 0.246. The zero-order chi connectivity index (χ0) is 26.3. The highest BCUT2D eigenvalue weighted by molar-refractivity contribution is 5.76. The molecule has 3 rings (SSSR count). The van der Waals surface area contributed by atoms with Gasteiger partial charge in [-0.2, -0.15) is 0 Å². The summed E-state index contributed by atoms with van der Waals surface area (Å²) in [6.07, 6.45) is 7.40. The van der Waals surface area contributed by atoms with Crippen LogP contribution in [0.1, 0.15) is 77.7 Å². The van der Waals surface area contributed by atoms with E-state index in [0.29, 0.717) is 6.61 Å². The molecule has 0 N–H and O–H groups in total. The monoisotopic (exact) mass is 500 g/mol. The number of likely N-dealkylation sites (tertiary alicyclic amines) is 1. The van der Waals surface area contributed by atoms with E-state index in [1.807, 2.05) is 37.1 Å². The minimum Gasteiger partial charge on any atom is -0.466 e. The van der Waals surface area contributed by atoms with E-state index in [-0.39, 0.29) is 30.6 Å². The molecule has 0 saturated carbocycles. The molecule has 1 fully saturated rings. The van der Waals surface area contributed by atoms with Gasteiger partial charge in [0, 0.05) is 32.0 Å². The Hall–Kier alpha value is -2.72. The number of likely N-dealkylation sites (N-methyl/N-ethyl adjacent to an activating group) is 1. The van der Waals surface area contributed by atoms with Crippen LogP contribution in [0.5, 0.6) is 11.5 Å². The van der Waals surface area contributed by atoms with Crippen LogP contribution in [0.4, 0.5) is 0 Å². The molecule has 1 saturated heterocycles. The number of ether oxygens (including phenoxy) is 3. The van der Waals surface area contributed by atoms with Crippen LogP contribution in [-0.4, -0.2) is 68.3 Å². The third-order valence-electron chi connectivity index (χ3n) is 6.49. The lowest BCUT2D eigenvalue weighted by Gasteiger charge is -2.21. The van der Waals surface area contributed by atoms with Gasteiger partial charge in [0.1, 0.15) is 0 Å². The van der Waals surface area contributed by atoms with E-state index >= 15 is 0 Å². The molecule has 0 spiro atoms. The van der Waals surface area contributed by atoms with Gasteiger partial charge in [-0.25, -0.2) is 0 Å². The molecule has 0 bridgehead atoms. The number of hydrogen-bond acceptors (Lipinski definition) is 6. The average molecular weight is 501 g/mol. The lowest BCUT2D eigenvalue weighted by molar-refractivity contribution is -0.148. The molecule has 0 aromatic heterocycles. The molecule has 7 heteroatoms. The summed E-state index contributed by atoms with van der Waals surface area (Å²) in [5.74, 6) is 7.54. The summed E-state index contributed by atoms with van der Waals surface area (Å²) in [4.78, 5) is 27.1. The summed E-state index contributed by atoms with van der Waals surface area (Å²) < 4.78 is 16.3. The van der Waals surface area contributed by atoms with Crippen molar-refractivity contribution in [3.8, 4) is 23.3 Å². The predicted octanol–water partition coefficient (Wildman–Crippen LogP) is 4.84. The summed E-state index contributed by atoms with van der Waals surface area (Å²) in [5.41, 5.74) is 1.06. The fourth-order valence-corrected chi connectivity index (χ4v) is 4.46. The number of unbranched alkanes of at least 4 members (excludes halogenated alkanes) is 3. The maximum atomic E-state index is 12.7. The van der Waals surface area contributed by atoms with Crippen molar-refractivity contribution in [2.75, 3.05) is 40.1 Å². The summed E-state index contributed by atoms with van der Waals surface area (Å²) >= 11 is 0. The van der Waals surface area contributed by atoms with E-state index in [9.17, 15) is 9.59 Å². The average Bonchev–Trinajstić information content (AvgIpc) is 3.48. The van der Waals surface area contributed by atoms with Crippen LogP contribution in [-0.2, 0) is 14.3 Å². The minimum absolute atomic E-state index is 0.0273. The molecule has 1 amide bonds. The first-order valence-electron chi connectivity index (χ1n) is 13.4. The molecule has 3 atom stereocenters. The van der Waals surface area contributed by atoms with Gasteiger partial charge in [0.25, 0.3) is 0 Å². The van der Waals surface area contributed by atoms with E-state index in [2.05, 4.69) is 37.5 Å². The molecule has 3 unspecified atom stereocenters. The summed E-state index contributed by atoms with van der Waals surface area (Å²) in [7, 11) is 2.02. The van der Waals surface area contributed by atoms with Crippen LogP contribution in [0.15, 0.2) is 18.2 Å². The normalized spacial score (nSPS) is 20.1. The molecule has 36 heavy (non-hydrogen) atoms. The van der Waals surface area contributed by atoms with Crippen molar-refractivity contribution in [3.05, 3.63) is 23.8 Å². The molecule has 7 nitrogen and oxygen atoms in total. The Labute approximate surface area is 217 Å². The van der Waals surface area contributed by atoms with E-state index in [4.69, 9.17) is 14.2 Å². The second-order valence-electron chi connectivity index (χ2n) is 9.30. The number of carbonyl (C=O) groups excluding carboxylic acids is 2. The first kappa shape index (κ1) is 29.5. The van der Waals surface area contributed by atoms with Gasteiger partial charge in [-0.3, -0.25) is 14.5 Å². The fraction of sp³-hybridized carbons (Fsp3) is 0.655. The van der Waals surface area contributed by atoms with Crippen molar-refractivity contribution in [2.24, 2.45) is 5.92 Å². The molecule has 0 radical (unpaired) electrons. The standard InChI is InChI=1S/C20H25NO4.C9H19NO/c1-4-6-7-8-16-19(20(22)23-5-2)15(12-21(16)3)14-9-10-17-18(11-14)25-13-24-17;1-3-5-7-10(9-11)8-6-4-2/h9-11,15-16,19H,4-6,12-13H2,1-3H3;9H,3-8H2,1-2H3. The number of benzene rings is 1. The Morgan fingerprint density at radius 3 is 2.42 bits per heavy atom. The van der Waals surface area contributed by atoms with Crippen LogP contribution >= 0.6 is 0 Å². The van der Waals surface area contributed by atoms with Gasteiger partial charge in [-0.1, -0.05) is 45.6 Å². The van der Waals surface area contributed by atoms with Gasteiger partial charge in [0.15, 0.2) is 11.5 Å². The first-order valence-corrected chi connectivity index (χ1v) is 13.4. The second kappa shape index (κ2) is 16.1. The molecule has 1 aromatic carbocycles. The number of amides is 1. The lowest BCUT2D eigenvalue weighted by Crippen LogP contribution is -2.33. The molecular weight excluding hydrogens is 456 g/mol. The highest BCUT2D eigenvalue weighted by Gasteiger charge is 2.45. The van der Waals surface area contributed by atoms with E-state index in [1.165, 1.54) is 0 Å². The number of fused-ring (bicyclic) bond motifs is 1. The Kier molecular flexibility index (Phi) is 13.2. The SMILES string of the molecule is CCCC#CC1C(C(=O)OCC)C(c2ccc3c(c2)OCO3)CN1C.CCCCN(C=O)CCCC. The molecular formula is C29H44N2O5. The first-order chi connectivity index (χ1) is 17.5. The Bertz CT molecular complexity index is 870. The van der Waals surface area contributed by atoms with Crippen LogP contribution in [0.2, 0.25) is 0 Å². The number of hydrogen-bond donors (Lipinski definition) is 0. The van der Waals surface area contributed by atoms with Crippen molar-refractivity contribution >= 4 is 12.4 Å². The van der Waals surface area contributed by atoms with Gasteiger partial charge in [0.05, 0.1) is 18.6 Å². The van der Waals surface area contributed by atoms with Crippen molar-refractivity contribution in [1.82, 2.24) is 9.80 Å². The maximum Gasteiger partial charge on any atom is 0.312 e. The third kappa shape index (κ3) is 8.44. The summed E-state index contributed by atoms with van der Waals surface area (Å²) in [6, 6.07) is 5.78. The van der Waals surface area contributed by atoms with E-state index in [0.717, 1.165) is 81.6 Å². The predicted molar refractivity (Wildman–Crippen MR) is 142 cm³/mol. The van der Waals surface area contributed by atoms with Crippen molar-refractivity contribution in [2.45, 2.75) is 78.2 Å². The summed E-state index contributed by atoms with van der Waals surface area (Å²) in [6.45, 7) is 11.5. The second-order valence-corrected chi connectivity index (χ2v) is 9.30. The minimum atomic E-state index is -0.297. The Morgan fingerprint density at radius 2 is 1.81 bits per heavy atom. The van der Waals surface area contributed by atoms with Crippen LogP contribution in [0.25, 0.3) is 0 Å². The third-order valence-corrected chi connectivity index (χ3v) is 6.49. The zero-order valence-corrected chi connectivity index (χ0v) is 22.8. The van der Waals surface area contributed by atoms with Crippen LogP contribution in [0.3, 0.4) is 0 Å². The number of esters is 1. The number of nitrogens with zero attached hydrogens (tertiary/aromatic N) is 2. The molecule has 0 aliphatic carbocycles. The van der Waals surface area contributed by atoms with E-state index in [1.54, 1.807) is 0 Å². The van der Waals surface area contributed by atoms with Crippen molar-refractivity contribution in [3.63, 3.8) is 0 Å². The Morgan fingerprint density at radius 1 is 1.11 bits per heavy atom. The lowest BCUT2D eigenvalue weighted by atomic mass is 9.85. The molecule has 2 heterocycles. The van der Waals surface area contributed by atoms with Crippen molar-refractivity contribution in [1.29, 1.82) is 0 Å². The highest BCUT2D eigenvalue weighted by Crippen LogP contribution is 2.41. The number of rotatable bonds is 11. The molecule has 2 aliphatic heterocycles. The largest absolute Gasteiger partial charge is 0.466 e. The van der Waals surface area contributed by atoms with Crippen molar-refractivity contribution < 1.29 is 23.8 Å². The van der Waals surface area contributed by atoms with Gasteiger partial charge >= 0.3 is 5.97 Å². The fourth-order valence-electron chi connectivity index (χ4n) is 4.46. The van der Waals surface area contributed by atoms with Gasteiger partial charge < -0.3 is 19.1 Å². The maximum absolute atomic E-state index is 12.7. The van der Waals surface area contributed by atoms with Gasteiger partial charge in [-0.05, 0) is 50.9 Å². The molecule has 2 aliphatic rings.